The van der Waals surface area contributed by atoms with Gasteiger partial charge in [0.2, 0.25) is 5.91 Å². The van der Waals surface area contributed by atoms with Gasteiger partial charge in [0.1, 0.15) is 4.83 Å². The van der Waals surface area contributed by atoms with Gasteiger partial charge in [-0.25, -0.2) is 4.98 Å². The van der Waals surface area contributed by atoms with Gasteiger partial charge in [-0.05, 0) is 35.4 Å². The van der Waals surface area contributed by atoms with Crippen LogP contribution >= 0.6 is 23.1 Å². The summed E-state index contributed by atoms with van der Waals surface area (Å²) in [6.07, 6.45) is 0. The molecule has 4 rings (SSSR count). The SMILES string of the molecule is Cc1sc2nc(SCC(=O)Nc3c(C(C)C)cccc3C(C)C)[nH]c(=O)c2c1-c1ccccc1. The number of nitrogens with zero attached hydrogens (tertiary/aromatic N) is 1. The molecule has 2 aromatic heterocycles. The number of aromatic amines is 1. The van der Waals surface area contributed by atoms with Crippen molar-refractivity contribution in [2.24, 2.45) is 0 Å². The van der Waals surface area contributed by atoms with Crippen LogP contribution in [-0.4, -0.2) is 21.6 Å². The van der Waals surface area contributed by atoms with E-state index in [4.69, 9.17) is 0 Å². The highest BCUT2D eigenvalue weighted by molar-refractivity contribution is 7.99. The van der Waals surface area contributed by atoms with Gasteiger partial charge in [0, 0.05) is 16.1 Å². The van der Waals surface area contributed by atoms with Crippen molar-refractivity contribution >= 4 is 44.9 Å². The molecule has 0 fully saturated rings. The van der Waals surface area contributed by atoms with Gasteiger partial charge in [-0.1, -0.05) is 88.0 Å². The van der Waals surface area contributed by atoms with Crippen LogP contribution in [0.5, 0.6) is 0 Å². The fourth-order valence-corrected chi connectivity index (χ4v) is 5.89. The summed E-state index contributed by atoms with van der Waals surface area (Å²) in [6.45, 7) is 10.5. The van der Waals surface area contributed by atoms with Crippen LogP contribution in [0.25, 0.3) is 21.3 Å². The molecule has 0 saturated carbocycles. The Bertz CT molecular complexity index is 1360. The number of benzene rings is 2. The minimum Gasteiger partial charge on any atom is -0.325 e. The molecule has 0 radical (unpaired) electrons. The number of anilines is 1. The lowest BCUT2D eigenvalue weighted by molar-refractivity contribution is -0.113. The maximum atomic E-state index is 13.0. The molecule has 2 heterocycles. The van der Waals surface area contributed by atoms with E-state index in [1.165, 1.54) is 23.1 Å². The van der Waals surface area contributed by atoms with Crippen molar-refractivity contribution in [2.75, 3.05) is 11.1 Å². The normalized spacial score (nSPS) is 11.5. The van der Waals surface area contributed by atoms with Crippen LogP contribution in [0.4, 0.5) is 5.69 Å². The summed E-state index contributed by atoms with van der Waals surface area (Å²) in [5, 5.41) is 4.18. The zero-order valence-corrected chi connectivity index (χ0v) is 21.7. The number of nitrogens with one attached hydrogen (secondary N) is 2. The lowest BCUT2D eigenvalue weighted by atomic mass is 9.92. The van der Waals surface area contributed by atoms with Crippen molar-refractivity contribution in [3.8, 4) is 11.1 Å². The molecule has 176 valence electrons. The van der Waals surface area contributed by atoms with E-state index in [-0.39, 0.29) is 17.2 Å². The van der Waals surface area contributed by atoms with Crippen LogP contribution in [0.1, 0.15) is 55.5 Å². The number of thiophene rings is 1. The molecule has 1 amide bonds. The highest BCUT2D eigenvalue weighted by atomic mass is 32.2. The molecule has 0 saturated heterocycles. The fourth-order valence-electron chi connectivity index (χ4n) is 4.12. The predicted octanol–water partition coefficient (Wildman–Crippen LogP) is 6.94. The van der Waals surface area contributed by atoms with E-state index < -0.39 is 0 Å². The van der Waals surface area contributed by atoms with Gasteiger partial charge in [0.15, 0.2) is 5.16 Å². The first-order chi connectivity index (χ1) is 16.3. The van der Waals surface area contributed by atoms with Crippen molar-refractivity contribution in [3.05, 3.63) is 74.9 Å². The smallest absolute Gasteiger partial charge is 0.260 e. The second-order valence-electron chi connectivity index (χ2n) is 8.91. The quantitative estimate of drug-likeness (QED) is 0.217. The van der Waals surface area contributed by atoms with E-state index in [1.54, 1.807) is 0 Å². The van der Waals surface area contributed by atoms with E-state index in [9.17, 15) is 9.59 Å². The monoisotopic (exact) mass is 491 g/mol. The van der Waals surface area contributed by atoms with Crippen molar-refractivity contribution in [2.45, 2.75) is 51.6 Å². The van der Waals surface area contributed by atoms with Crippen molar-refractivity contribution in [3.63, 3.8) is 0 Å². The van der Waals surface area contributed by atoms with Gasteiger partial charge in [-0.3, -0.25) is 9.59 Å². The first-order valence-electron chi connectivity index (χ1n) is 11.4. The fraction of sp³-hybridized carbons (Fsp3) is 0.296. The van der Waals surface area contributed by atoms with Gasteiger partial charge in [-0.15, -0.1) is 11.3 Å². The number of hydrogen-bond donors (Lipinski definition) is 2. The molecule has 2 aromatic carbocycles. The summed E-state index contributed by atoms with van der Waals surface area (Å²) in [4.78, 5) is 35.1. The zero-order chi connectivity index (χ0) is 24.4. The Morgan fingerprint density at radius 1 is 1.03 bits per heavy atom. The number of hydrogen-bond acceptors (Lipinski definition) is 5. The molecule has 0 atom stereocenters. The molecule has 7 heteroatoms. The minimum absolute atomic E-state index is 0.116. The molecule has 0 aliphatic heterocycles. The second-order valence-corrected chi connectivity index (χ2v) is 11.1. The van der Waals surface area contributed by atoms with Crippen LogP contribution in [-0.2, 0) is 4.79 Å². The van der Waals surface area contributed by atoms with E-state index in [1.807, 2.05) is 43.3 Å². The van der Waals surface area contributed by atoms with Gasteiger partial charge in [-0.2, -0.15) is 0 Å². The van der Waals surface area contributed by atoms with Crippen molar-refractivity contribution in [1.29, 1.82) is 0 Å². The Hall–Kier alpha value is -2.90. The summed E-state index contributed by atoms with van der Waals surface area (Å²) in [7, 11) is 0. The summed E-state index contributed by atoms with van der Waals surface area (Å²) < 4.78 is 0. The van der Waals surface area contributed by atoms with Crippen molar-refractivity contribution in [1.82, 2.24) is 9.97 Å². The van der Waals surface area contributed by atoms with Crippen LogP contribution in [0, 0.1) is 6.92 Å². The third-order valence-corrected chi connectivity index (χ3v) is 7.63. The topological polar surface area (TPSA) is 74.8 Å². The summed E-state index contributed by atoms with van der Waals surface area (Å²) in [5.74, 6) is 0.634. The molecular weight excluding hydrogens is 462 g/mol. The first-order valence-corrected chi connectivity index (χ1v) is 13.2. The van der Waals surface area contributed by atoms with Gasteiger partial charge in [0.05, 0.1) is 11.1 Å². The van der Waals surface area contributed by atoms with Crippen LogP contribution in [0.3, 0.4) is 0 Å². The average Bonchev–Trinajstić information content (AvgIpc) is 3.14. The molecule has 2 N–H and O–H groups in total. The van der Waals surface area contributed by atoms with Gasteiger partial charge in [0.25, 0.3) is 5.56 Å². The predicted molar refractivity (Wildman–Crippen MR) is 144 cm³/mol. The summed E-state index contributed by atoms with van der Waals surface area (Å²) in [5.41, 5.74) is 4.90. The van der Waals surface area contributed by atoms with Crippen LogP contribution < -0.4 is 10.9 Å². The standard InChI is InChI=1S/C27H29N3O2S2/c1-15(2)19-12-9-13-20(16(3)4)24(19)28-21(31)14-33-27-29-25(32)23-22(17(5)34-26(23)30-27)18-10-7-6-8-11-18/h6-13,15-16H,14H2,1-5H3,(H,28,31)(H,29,30,32). The Morgan fingerprint density at radius 2 is 1.68 bits per heavy atom. The number of aryl methyl sites for hydroxylation is 1. The largest absolute Gasteiger partial charge is 0.325 e. The average molecular weight is 492 g/mol. The molecule has 5 nitrogen and oxygen atoms in total. The molecule has 4 aromatic rings. The number of H-pyrrole nitrogens is 1. The lowest BCUT2D eigenvalue weighted by Crippen LogP contribution is -2.18. The molecule has 0 unspecified atom stereocenters. The third-order valence-electron chi connectivity index (χ3n) is 5.76. The molecular formula is C27H29N3O2S2. The molecule has 0 aliphatic rings. The number of para-hydroxylation sites is 1. The highest BCUT2D eigenvalue weighted by Crippen LogP contribution is 2.36. The third kappa shape index (κ3) is 4.95. The van der Waals surface area contributed by atoms with E-state index in [0.29, 0.717) is 27.2 Å². The van der Waals surface area contributed by atoms with Crippen LogP contribution in [0.2, 0.25) is 0 Å². The number of carbonyl (C=O) groups is 1. The number of thioether (sulfide) groups is 1. The van der Waals surface area contributed by atoms with Crippen LogP contribution in [0.15, 0.2) is 58.5 Å². The van der Waals surface area contributed by atoms with Gasteiger partial charge >= 0.3 is 0 Å². The molecule has 0 spiro atoms. The number of amides is 1. The lowest BCUT2D eigenvalue weighted by Gasteiger charge is -2.20. The Kier molecular flexibility index (Phi) is 7.24. The Balaban J connectivity index is 1.56. The Morgan fingerprint density at radius 3 is 2.29 bits per heavy atom. The molecule has 34 heavy (non-hydrogen) atoms. The first kappa shape index (κ1) is 24.2. The van der Waals surface area contributed by atoms with Crippen molar-refractivity contribution < 1.29 is 4.79 Å². The number of carbonyl (C=O) groups excluding carboxylic acids is 1. The second kappa shape index (κ2) is 10.2. The summed E-state index contributed by atoms with van der Waals surface area (Å²) in [6, 6.07) is 16.1. The zero-order valence-electron chi connectivity index (χ0n) is 20.1. The number of aromatic nitrogens is 2. The maximum Gasteiger partial charge on any atom is 0.260 e. The number of fused-ring (bicyclic) bond motifs is 1. The molecule has 0 bridgehead atoms. The van der Waals surface area contributed by atoms with Gasteiger partial charge < -0.3 is 10.3 Å². The minimum atomic E-state index is -0.177. The maximum absolute atomic E-state index is 13.0. The molecule has 0 aliphatic carbocycles. The van der Waals surface area contributed by atoms with E-state index in [0.717, 1.165) is 32.8 Å². The number of rotatable bonds is 7. The van der Waals surface area contributed by atoms with E-state index >= 15 is 0 Å². The highest BCUT2D eigenvalue weighted by Gasteiger charge is 2.19. The Labute approximate surface area is 208 Å². The van der Waals surface area contributed by atoms with E-state index in [2.05, 4.69) is 55.1 Å². The summed E-state index contributed by atoms with van der Waals surface area (Å²) >= 11 is 2.75.